The summed E-state index contributed by atoms with van der Waals surface area (Å²) in [4.78, 5) is 133. The van der Waals surface area contributed by atoms with Crippen molar-refractivity contribution in [1.29, 1.82) is 0 Å². The van der Waals surface area contributed by atoms with Crippen molar-refractivity contribution in [3.8, 4) is 0 Å². The van der Waals surface area contributed by atoms with Crippen molar-refractivity contribution < 1.29 is 78.3 Å². The first-order chi connectivity index (χ1) is 25.8. The molecule has 308 valence electrons. The highest BCUT2D eigenvalue weighted by Crippen LogP contribution is 2.31. The van der Waals surface area contributed by atoms with E-state index >= 15 is 0 Å². The summed E-state index contributed by atoms with van der Waals surface area (Å²) in [5, 5.41) is 53.3. The Morgan fingerprint density at radius 3 is 1.62 bits per heavy atom. The minimum atomic E-state index is -1.46. The summed E-state index contributed by atoms with van der Waals surface area (Å²) < 4.78 is 0. The van der Waals surface area contributed by atoms with E-state index in [1.54, 1.807) is 0 Å². The first-order valence-electron chi connectivity index (χ1n) is 18.3. The third kappa shape index (κ3) is 20.7. The fourth-order valence-electron chi connectivity index (χ4n) is 6.25. The van der Waals surface area contributed by atoms with Crippen LogP contribution in [0.3, 0.4) is 0 Å². The van der Waals surface area contributed by atoms with Gasteiger partial charge >= 0.3 is 29.8 Å². The lowest BCUT2D eigenvalue weighted by molar-refractivity contribution is -0.145. The van der Waals surface area contributed by atoms with Gasteiger partial charge in [-0.1, -0.05) is 0 Å². The lowest BCUT2D eigenvalue weighted by atomic mass is 9.78. The van der Waals surface area contributed by atoms with E-state index < -0.39 is 122 Å². The van der Waals surface area contributed by atoms with E-state index in [1.807, 2.05) is 0 Å². The van der Waals surface area contributed by atoms with Crippen molar-refractivity contribution in [2.45, 2.75) is 128 Å². The number of carboxylic acids is 5. The quantitative estimate of drug-likeness (QED) is 0.0530. The van der Waals surface area contributed by atoms with Crippen LogP contribution in [0, 0.1) is 23.7 Å². The average molecular weight is 784 g/mol. The number of ketones is 3. The number of amides is 3. The number of Topliss-reactive ketones (excluding diaryl/α,β-unsaturated/α-hetero) is 3. The Balaban J connectivity index is 2.84. The minimum Gasteiger partial charge on any atom is -0.481 e. The Morgan fingerprint density at radius 1 is 0.564 bits per heavy atom. The molecule has 0 heterocycles. The molecule has 0 bridgehead atoms. The van der Waals surface area contributed by atoms with Gasteiger partial charge in [0, 0.05) is 69.7 Å². The molecule has 1 fully saturated rings. The van der Waals surface area contributed by atoms with Crippen molar-refractivity contribution in [3.63, 3.8) is 0 Å². The molecule has 0 aromatic heterocycles. The van der Waals surface area contributed by atoms with Gasteiger partial charge in [0.05, 0.1) is 18.0 Å². The van der Waals surface area contributed by atoms with Crippen LogP contribution < -0.4 is 16.0 Å². The third-order valence-corrected chi connectivity index (χ3v) is 9.55. The molecule has 4 atom stereocenters. The molecule has 19 nitrogen and oxygen atoms in total. The van der Waals surface area contributed by atoms with Gasteiger partial charge in [-0.2, -0.15) is 0 Å². The summed E-state index contributed by atoms with van der Waals surface area (Å²) in [7, 11) is 0. The van der Waals surface area contributed by atoms with Crippen molar-refractivity contribution in [2.24, 2.45) is 23.7 Å². The Bertz CT molecular complexity index is 1420. The number of rotatable bonds is 29. The number of nitrogens with one attached hydrogen (secondary N) is 3. The monoisotopic (exact) mass is 783 g/mol. The summed E-state index contributed by atoms with van der Waals surface area (Å²) in [6.45, 7) is 1.49. The van der Waals surface area contributed by atoms with Crippen LogP contribution >= 0.6 is 0 Å². The standard InChI is InChI=1S/C36H53N3O16/c1-20(40)25(11-15-33(49)50)39-35(53)23(10-14-32(47)48)17-28(42)26(12-16-34(51)52)38-30(44)13-9-24(36(54)55)18-27(41)22-7-5-21(6-8-22)19-37-29(43)3-2-4-31(45)46/h21-26H,2-19H2,1H3,(H,37,43)(H,38,44)(H,39,53)(H,45,46)(H,47,48)(H,49,50)(H,51,52)(H,54,55)/t21?,22?,23-,24-,25+,26+/m1/s1. The summed E-state index contributed by atoms with van der Waals surface area (Å²) in [5.41, 5.74) is 0. The van der Waals surface area contributed by atoms with Gasteiger partial charge < -0.3 is 41.5 Å². The van der Waals surface area contributed by atoms with E-state index in [4.69, 9.17) is 10.2 Å². The lowest BCUT2D eigenvalue weighted by Gasteiger charge is -2.28. The van der Waals surface area contributed by atoms with Crippen molar-refractivity contribution in [1.82, 2.24) is 16.0 Å². The molecule has 1 saturated carbocycles. The first-order valence-corrected chi connectivity index (χ1v) is 18.3. The first kappa shape index (κ1) is 47.8. The smallest absolute Gasteiger partial charge is 0.306 e. The molecule has 3 amide bonds. The van der Waals surface area contributed by atoms with Crippen molar-refractivity contribution in [3.05, 3.63) is 0 Å². The molecule has 0 saturated heterocycles. The van der Waals surface area contributed by atoms with Crippen LogP contribution in [0.2, 0.25) is 0 Å². The van der Waals surface area contributed by atoms with Crippen LogP contribution in [-0.4, -0.2) is 109 Å². The number of hydrogen-bond acceptors (Lipinski definition) is 11. The summed E-state index contributed by atoms with van der Waals surface area (Å²) >= 11 is 0. The molecule has 1 rings (SSSR count). The van der Waals surface area contributed by atoms with Crippen LogP contribution in [0.25, 0.3) is 0 Å². The molecule has 1 aliphatic carbocycles. The predicted octanol–water partition coefficient (Wildman–Crippen LogP) is 1.33. The third-order valence-electron chi connectivity index (χ3n) is 9.55. The number of carbonyl (C=O) groups is 11. The van der Waals surface area contributed by atoms with Gasteiger partial charge in [0.25, 0.3) is 0 Å². The zero-order valence-electron chi connectivity index (χ0n) is 30.9. The zero-order valence-corrected chi connectivity index (χ0v) is 30.9. The van der Waals surface area contributed by atoms with Gasteiger partial charge in [-0.15, -0.1) is 0 Å². The number of carboxylic acid groups (broad SMARTS) is 5. The van der Waals surface area contributed by atoms with Crippen LogP contribution in [0.1, 0.15) is 116 Å². The molecular weight excluding hydrogens is 730 g/mol. The van der Waals surface area contributed by atoms with E-state index in [0.717, 1.165) is 6.92 Å². The highest BCUT2D eigenvalue weighted by molar-refractivity contribution is 5.94. The van der Waals surface area contributed by atoms with Crippen molar-refractivity contribution in [2.75, 3.05) is 6.54 Å². The van der Waals surface area contributed by atoms with Crippen LogP contribution in [0.5, 0.6) is 0 Å². The van der Waals surface area contributed by atoms with Gasteiger partial charge in [0.15, 0.2) is 11.6 Å². The summed E-state index contributed by atoms with van der Waals surface area (Å²) in [6, 6.07) is -2.70. The average Bonchev–Trinajstić information content (AvgIpc) is 3.10. The fraction of sp³-hybridized carbons (Fsp3) is 0.694. The number of hydrogen-bond donors (Lipinski definition) is 8. The minimum absolute atomic E-state index is 0.0875. The van der Waals surface area contributed by atoms with Gasteiger partial charge in [-0.3, -0.25) is 52.7 Å². The zero-order chi connectivity index (χ0) is 41.7. The van der Waals surface area contributed by atoms with E-state index in [0.29, 0.717) is 32.2 Å². The normalized spacial score (nSPS) is 17.3. The lowest BCUT2D eigenvalue weighted by Crippen LogP contribution is -2.46. The molecule has 0 radical (unpaired) electrons. The molecule has 0 unspecified atom stereocenters. The predicted molar refractivity (Wildman–Crippen MR) is 188 cm³/mol. The second-order valence-electron chi connectivity index (χ2n) is 14.0. The Labute approximate surface area is 317 Å². The molecule has 55 heavy (non-hydrogen) atoms. The van der Waals surface area contributed by atoms with Gasteiger partial charge in [0.1, 0.15) is 5.78 Å². The Hall–Kier alpha value is -5.23. The fourth-order valence-corrected chi connectivity index (χ4v) is 6.25. The molecule has 19 heteroatoms. The molecule has 0 spiro atoms. The molecule has 0 aliphatic heterocycles. The summed E-state index contributed by atoms with van der Waals surface area (Å²) in [6.07, 6.45) is -2.07. The molecule has 0 aromatic rings. The second kappa shape index (κ2) is 25.0. The van der Waals surface area contributed by atoms with E-state index in [2.05, 4.69) is 16.0 Å². The highest BCUT2D eigenvalue weighted by atomic mass is 16.4. The Morgan fingerprint density at radius 2 is 1.09 bits per heavy atom. The maximum Gasteiger partial charge on any atom is 0.306 e. The van der Waals surface area contributed by atoms with Crippen LogP contribution in [-0.2, 0) is 52.7 Å². The van der Waals surface area contributed by atoms with Gasteiger partial charge in [-0.05, 0) is 70.6 Å². The van der Waals surface area contributed by atoms with E-state index in [1.165, 1.54) is 0 Å². The highest BCUT2D eigenvalue weighted by Gasteiger charge is 2.33. The topological polar surface area (TPSA) is 325 Å². The van der Waals surface area contributed by atoms with Gasteiger partial charge in [0.2, 0.25) is 17.7 Å². The van der Waals surface area contributed by atoms with Crippen molar-refractivity contribution >= 4 is 64.9 Å². The molecule has 0 aromatic carbocycles. The van der Waals surface area contributed by atoms with E-state index in [-0.39, 0.29) is 62.6 Å². The number of carbonyl (C=O) groups excluding carboxylic acids is 6. The maximum absolute atomic E-state index is 13.4. The second-order valence-corrected chi connectivity index (χ2v) is 14.0. The molecular formula is C36H53N3O16. The largest absolute Gasteiger partial charge is 0.481 e. The van der Waals surface area contributed by atoms with Gasteiger partial charge in [-0.25, -0.2) is 0 Å². The maximum atomic E-state index is 13.4. The SMILES string of the molecule is CC(=O)[C@H](CCC(=O)O)NC(=O)[C@H](CCC(=O)O)CC(=O)[C@H](CCC(=O)O)NC(=O)CC[C@H](CC(=O)C1CCC(CNC(=O)CCCC(=O)O)CC1)C(=O)O. The molecule has 1 aliphatic rings. The van der Waals surface area contributed by atoms with Crippen LogP contribution in [0.15, 0.2) is 0 Å². The summed E-state index contributed by atoms with van der Waals surface area (Å²) in [5.74, 6) is -12.8. The van der Waals surface area contributed by atoms with E-state index in [9.17, 15) is 68.1 Å². The number of aliphatic carboxylic acids is 5. The van der Waals surface area contributed by atoms with Crippen LogP contribution in [0.4, 0.5) is 0 Å². The Kier molecular flexibility index (Phi) is 21.7. The molecule has 8 N–H and O–H groups in total.